The fourth-order valence-corrected chi connectivity index (χ4v) is 2.65. The monoisotopic (exact) mass is 262 g/mol. The predicted octanol–water partition coefficient (Wildman–Crippen LogP) is 1.49. The van der Waals surface area contributed by atoms with Gasteiger partial charge in [0.2, 0.25) is 11.7 Å². The molecule has 1 aliphatic carbocycles. The van der Waals surface area contributed by atoms with Crippen molar-refractivity contribution in [1.82, 2.24) is 30.9 Å². The number of aromatic amines is 1. The average molecular weight is 262 g/mol. The quantitative estimate of drug-likeness (QED) is 0.867. The molecule has 2 aromatic heterocycles. The van der Waals surface area contributed by atoms with E-state index in [1.165, 1.54) is 12.8 Å². The van der Waals surface area contributed by atoms with E-state index in [9.17, 15) is 0 Å². The maximum Gasteiger partial charge on any atom is 0.230 e. The van der Waals surface area contributed by atoms with Gasteiger partial charge in [-0.1, -0.05) is 12.1 Å². The lowest BCUT2D eigenvalue weighted by Gasteiger charge is -2.26. The minimum atomic E-state index is 0.378. The molecule has 7 heteroatoms. The van der Waals surface area contributed by atoms with E-state index in [1.54, 1.807) is 6.20 Å². The maximum absolute atomic E-state index is 5.36. The SMILES string of the molecule is CCNC1CCC(c2nc(-c3cn[nH]n3)no2)CC1. The smallest absolute Gasteiger partial charge is 0.230 e. The number of rotatable bonds is 4. The van der Waals surface area contributed by atoms with Crippen molar-refractivity contribution in [1.29, 1.82) is 0 Å². The molecule has 0 saturated heterocycles. The van der Waals surface area contributed by atoms with E-state index >= 15 is 0 Å². The normalized spacial score (nSPS) is 23.6. The molecule has 0 atom stereocenters. The Morgan fingerprint density at radius 1 is 1.37 bits per heavy atom. The van der Waals surface area contributed by atoms with Gasteiger partial charge in [0.15, 0.2) is 5.69 Å². The van der Waals surface area contributed by atoms with Crippen LogP contribution in [0.2, 0.25) is 0 Å². The van der Waals surface area contributed by atoms with Crippen LogP contribution in [0.5, 0.6) is 0 Å². The molecule has 2 N–H and O–H groups in total. The van der Waals surface area contributed by atoms with E-state index in [-0.39, 0.29) is 0 Å². The second-order valence-corrected chi connectivity index (χ2v) is 4.92. The highest BCUT2D eigenvalue weighted by atomic mass is 16.5. The van der Waals surface area contributed by atoms with E-state index in [2.05, 4.69) is 37.8 Å². The summed E-state index contributed by atoms with van der Waals surface area (Å²) in [6.45, 7) is 3.18. The lowest BCUT2D eigenvalue weighted by Crippen LogP contribution is -2.32. The predicted molar refractivity (Wildman–Crippen MR) is 68.3 cm³/mol. The third kappa shape index (κ3) is 2.65. The number of nitrogens with one attached hydrogen (secondary N) is 2. The first-order valence-electron chi connectivity index (χ1n) is 6.80. The molecule has 3 rings (SSSR count). The molecule has 102 valence electrons. The highest BCUT2D eigenvalue weighted by molar-refractivity contribution is 5.44. The fraction of sp³-hybridized carbons (Fsp3) is 0.667. The van der Waals surface area contributed by atoms with Gasteiger partial charge in [0.25, 0.3) is 0 Å². The second kappa shape index (κ2) is 5.48. The van der Waals surface area contributed by atoms with Crippen LogP contribution in [0.1, 0.15) is 44.4 Å². The highest BCUT2D eigenvalue weighted by Crippen LogP contribution is 2.32. The molecule has 2 heterocycles. The molecular weight excluding hydrogens is 244 g/mol. The molecule has 0 unspecified atom stereocenters. The zero-order valence-electron chi connectivity index (χ0n) is 11.0. The first-order valence-corrected chi connectivity index (χ1v) is 6.80. The van der Waals surface area contributed by atoms with Gasteiger partial charge in [0.05, 0.1) is 6.20 Å². The van der Waals surface area contributed by atoms with Crippen molar-refractivity contribution in [3.05, 3.63) is 12.1 Å². The van der Waals surface area contributed by atoms with Gasteiger partial charge >= 0.3 is 0 Å². The van der Waals surface area contributed by atoms with Crippen LogP contribution >= 0.6 is 0 Å². The minimum Gasteiger partial charge on any atom is -0.339 e. The Morgan fingerprint density at radius 3 is 2.89 bits per heavy atom. The Morgan fingerprint density at radius 2 is 2.21 bits per heavy atom. The zero-order chi connectivity index (χ0) is 13.1. The van der Waals surface area contributed by atoms with E-state index in [4.69, 9.17) is 4.52 Å². The Kier molecular flexibility index (Phi) is 3.54. The average Bonchev–Trinajstić information content (AvgIpc) is 3.11. The van der Waals surface area contributed by atoms with Gasteiger partial charge in [-0.25, -0.2) is 0 Å². The van der Waals surface area contributed by atoms with E-state index in [0.29, 0.717) is 23.5 Å². The molecule has 0 spiro atoms. The molecular formula is C12H18N6O. The van der Waals surface area contributed by atoms with Crippen LogP contribution in [0.25, 0.3) is 11.5 Å². The third-order valence-corrected chi connectivity index (χ3v) is 3.66. The van der Waals surface area contributed by atoms with Crippen LogP contribution in [0.15, 0.2) is 10.7 Å². The summed E-state index contributed by atoms with van der Waals surface area (Å²) < 4.78 is 5.36. The molecule has 19 heavy (non-hydrogen) atoms. The summed E-state index contributed by atoms with van der Waals surface area (Å²) in [5.41, 5.74) is 0.622. The van der Waals surface area contributed by atoms with Gasteiger partial charge in [-0.2, -0.15) is 20.4 Å². The topological polar surface area (TPSA) is 92.5 Å². The lowest BCUT2D eigenvalue weighted by atomic mass is 9.86. The molecule has 0 aliphatic heterocycles. The molecule has 0 amide bonds. The van der Waals surface area contributed by atoms with Crippen molar-refractivity contribution in [2.75, 3.05) is 6.54 Å². The highest BCUT2D eigenvalue weighted by Gasteiger charge is 2.26. The van der Waals surface area contributed by atoms with Gasteiger partial charge in [0.1, 0.15) is 0 Å². The van der Waals surface area contributed by atoms with Gasteiger partial charge in [-0.05, 0) is 32.2 Å². The molecule has 1 aliphatic rings. The van der Waals surface area contributed by atoms with Crippen molar-refractivity contribution < 1.29 is 4.52 Å². The van der Waals surface area contributed by atoms with Gasteiger partial charge in [0, 0.05) is 12.0 Å². The summed E-state index contributed by atoms with van der Waals surface area (Å²) in [5.74, 6) is 1.62. The van der Waals surface area contributed by atoms with Crippen LogP contribution < -0.4 is 5.32 Å². The molecule has 1 saturated carbocycles. The van der Waals surface area contributed by atoms with Crippen LogP contribution in [0.4, 0.5) is 0 Å². The third-order valence-electron chi connectivity index (χ3n) is 3.66. The standard InChI is InChI=1S/C12H18N6O/c1-2-13-9-5-3-8(4-6-9)12-15-11(17-19-12)10-7-14-18-16-10/h7-9,13H,2-6H2,1H3,(H,14,16,18). The molecule has 0 bridgehead atoms. The minimum absolute atomic E-state index is 0.378. The van der Waals surface area contributed by atoms with Crippen LogP contribution in [-0.2, 0) is 0 Å². The molecule has 2 aromatic rings. The lowest BCUT2D eigenvalue weighted by molar-refractivity contribution is 0.284. The largest absolute Gasteiger partial charge is 0.339 e. The van der Waals surface area contributed by atoms with Crippen LogP contribution in [0.3, 0.4) is 0 Å². The first-order chi connectivity index (χ1) is 9.36. The zero-order valence-corrected chi connectivity index (χ0v) is 11.0. The Balaban J connectivity index is 1.64. The van der Waals surface area contributed by atoms with E-state index in [0.717, 1.165) is 25.3 Å². The van der Waals surface area contributed by atoms with Gasteiger partial charge in [-0.3, -0.25) is 0 Å². The first kappa shape index (κ1) is 12.3. The van der Waals surface area contributed by atoms with Gasteiger partial charge in [-0.15, -0.1) is 0 Å². The Hall–Kier alpha value is -1.76. The number of nitrogens with zero attached hydrogens (tertiary/aromatic N) is 4. The van der Waals surface area contributed by atoms with E-state index in [1.807, 2.05) is 0 Å². The van der Waals surface area contributed by atoms with Crippen molar-refractivity contribution in [2.45, 2.75) is 44.6 Å². The molecule has 7 nitrogen and oxygen atoms in total. The summed E-state index contributed by atoms with van der Waals surface area (Å²) in [7, 11) is 0. The van der Waals surface area contributed by atoms with Crippen molar-refractivity contribution in [3.63, 3.8) is 0 Å². The number of hydrogen-bond donors (Lipinski definition) is 2. The molecule has 0 aromatic carbocycles. The van der Waals surface area contributed by atoms with Gasteiger partial charge < -0.3 is 9.84 Å². The summed E-state index contributed by atoms with van der Waals surface area (Å²) in [6, 6.07) is 0.638. The molecule has 0 radical (unpaired) electrons. The van der Waals surface area contributed by atoms with Crippen LogP contribution in [-0.4, -0.2) is 38.1 Å². The number of H-pyrrole nitrogens is 1. The molecule has 1 fully saturated rings. The maximum atomic E-state index is 5.36. The second-order valence-electron chi connectivity index (χ2n) is 4.92. The Bertz CT molecular complexity index is 500. The fourth-order valence-electron chi connectivity index (χ4n) is 2.65. The van der Waals surface area contributed by atoms with Crippen molar-refractivity contribution in [2.24, 2.45) is 0 Å². The van der Waals surface area contributed by atoms with E-state index < -0.39 is 0 Å². The number of aromatic nitrogens is 5. The summed E-state index contributed by atoms with van der Waals surface area (Å²) >= 11 is 0. The van der Waals surface area contributed by atoms with Crippen molar-refractivity contribution >= 4 is 0 Å². The van der Waals surface area contributed by atoms with Crippen molar-refractivity contribution in [3.8, 4) is 11.5 Å². The van der Waals surface area contributed by atoms with Crippen LogP contribution in [0, 0.1) is 0 Å². The summed E-state index contributed by atoms with van der Waals surface area (Å²) in [4.78, 5) is 4.43. The summed E-state index contributed by atoms with van der Waals surface area (Å²) in [6.07, 6.45) is 6.12. The summed E-state index contributed by atoms with van der Waals surface area (Å²) in [5, 5.41) is 17.7. The number of hydrogen-bond acceptors (Lipinski definition) is 6. The Labute approximate surface area is 111 Å².